The molecule has 0 atom stereocenters. The molecule has 0 aromatic heterocycles. The topological polar surface area (TPSA) is 49.3 Å². The second-order valence-electron chi connectivity index (χ2n) is 4.16. The predicted molar refractivity (Wildman–Crippen MR) is 59.2 cm³/mol. The highest BCUT2D eigenvalue weighted by Gasteiger charge is 2.20. The van der Waals surface area contributed by atoms with E-state index in [9.17, 15) is 4.79 Å². The second-order valence-corrected chi connectivity index (χ2v) is 4.16. The number of aliphatic hydroxyl groups is 1. The van der Waals surface area contributed by atoms with Crippen molar-refractivity contribution in [1.29, 1.82) is 0 Å². The lowest BCUT2D eigenvalue weighted by molar-refractivity contribution is -0.120. The first-order valence-electron chi connectivity index (χ1n) is 4.95. The lowest BCUT2D eigenvalue weighted by atomic mass is 9.93. The number of carbonyl (C=O) groups is 1. The van der Waals surface area contributed by atoms with Gasteiger partial charge < -0.3 is 10.4 Å². The van der Waals surface area contributed by atoms with Gasteiger partial charge in [-0.1, -0.05) is 24.3 Å². The molecule has 1 aromatic rings. The molecule has 0 aliphatic heterocycles. The van der Waals surface area contributed by atoms with Crippen molar-refractivity contribution in [2.45, 2.75) is 32.9 Å². The van der Waals surface area contributed by atoms with Crippen molar-refractivity contribution >= 4 is 5.91 Å². The molecular weight excluding hydrogens is 190 g/mol. The van der Waals surface area contributed by atoms with E-state index in [4.69, 9.17) is 5.11 Å². The van der Waals surface area contributed by atoms with Crippen LogP contribution in [0.1, 0.15) is 31.9 Å². The van der Waals surface area contributed by atoms with Crippen LogP contribution < -0.4 is 5.32 Å². The van der Waals surface area contributed by atoms with Crippen LogP contribution in [-0.2, 0) is 16.9 Å². The Morgan fingerprint density at radius 3 is 2.27 bits per heavy atom. The van der Waals surface area contributed by atoms with Gasteiger partial charge in [-0.05, 0) is 25.0 Å². The Labute approximate surface area is 90.1 Å². The van der Waals surface area contributed by atoms with Gasteiger partial charge in [-0.25, -0.2) is 0 Å². The number of benzene rings is 1. The third-order valence-electron chi connectivity index (χ3n) is 2.35. The Kier molecular flexibility index (Phi) is 3.48. The Hall–Kier alpha value is -1.35. The summed E-state index contributed by atoms with van der Waals surface area (Å²) in [6.07, 6.45) is 0. The molecule has 3 nitrogen and oxygen atoms in total. The fourth-order valence-electron chi connectivity index (χ4n) is 1.54. The minimum atomic E-state index is -0.375. The van der Waals surface area contributed by atoms with Crippen LogP contribution in [0.5, 0.6) is 0 Å². The van der Waals surface area contributed by atoms with Gasteiger partial charge in [0.1, 0.15) is 0 Å². The zero-order chi connectivity index (χ0) is 11.5. The van der Waals surface area contributed by atoms with E-state index >= 15 is 0 Å². The fraction of sp³-hybridized carbons (Fsp3) is 0.417. The van der Waals surface area contributed by atoms with Gasteiger partial charge in [0.05, 0.1) is 12.1 Å². The van der Waals surface area contributed by atoms with E-state index < -0.39 is 0 Å². The van der Waals surface area contributed by atoms with Crippen LogP contribution in [0.15, 0.2) is 24.3 Å². The SMILES string of the molecule is CC(=O)NC(C)(C)c1ccc(CO)cc1. The summed E-state index contributed by atoms with van der Waals surface area (Å²) in [5, 5.41) is 11.8. The zero-order valence-electron chi connectivity index (χ0n) is 9.37. The summed E-state index contributed by atoms with van der Waals surface area (Å²) >= 11 is 0. The summed E-state index contributed by atoms with van der Waals surface area (Å²) in [6.45, 7) is 5.44. The van der Waals surface area contributed by atoms with Crippen LogP contribution >= 0.6 is 0 Å². The van der Waals surface area contributed by atoms with E-state index in [1.54, 1.807) is 0 Å². The second kappa shape index (κ2) is 4.45. The highest BCUT2D eigenvalue weighted by atomic mass is 16.3. The van der Waals surface area contributed by atoms with Crippen LogP contribution in [0.4, 0.5) is 0 Å². The van der Waals surface area contributed by atoms with Crippen molar-refractivity contribution < 1.29 is 9.90 Å². The largest absolute Gasteiger partial charge is 0.392 e. The number of nitrogens with one attached hydrogen (secondary N) is 1. The minimum Gasteiger partial charge on any atom is -0.392 e. The molecule has 0 saturated carbocycles. The highest BCUT2D eigenvalue weighted by molar-refractivity contribution is 5.74. The van der Waals surface area contributed by atoms with E-state index in [1.807, 2.05) is 38.1 Å². The standard InChI is InChI=1S/C12H17NO2/c1-9(15)13-12(2,3)11-6-4-10(8-14)5-7-11/h4-7,14H,8H2,1-3H3,(H,13,15). The normalized spacial score (nSPS) is 11.2. The van der Waals surface area contributed by atoms with Gasteiger partial charge in [-0.2, -0.15) is 0 Å². The van der Waals surface area contributed by atoms with Crippen LogP contribution in [0.3, 0.4) is 0 Å². The first kappa shape index (κ1) is 11.7. The molecule has 1 aromatic carbocycles. The molecule has 15 heavy (non-hydrogen) atoms. The average molecular weight is 207 g/mol. The van der Waals surface area contributed by atoms with Gasteiger partial charge in [0.25, 0.3) is 0 Å². The Bertz CT molecular complexity index is 341. The number of hydrogen-bond donors (Lipinski definition) is 2. The molecule has 2 N–H and O–H groups in total. The number of amides is 1. The summed E-state index contributed by atoms with van der Waals surface area (Å²) in [7, 11) is 0. The van der Waals surface area contributed by atoms with Crippen LogP contribution in [0.25, 0.3) is 0 Å². The van der Waals surface area contributed by atoms with E-state index in [1.165, 1.54) is 6.92 Å². The zero-order valence-corrected chi connectivity index (χ0v) is 9.37. The van der Waals surface area contributed by atoms with Gasteiger partial charge in [0.15, 0.2) is 0 Å². The molecule has 82 valence electrons. The van der Waals surface area contributed by atoms with Crippen molar-refractivity contribution in [3.05, 3.63) is 35.4 Å². The molecule has 0 saturated heterocycles. The summed E-state index contributed by atoms with van der Waals surface area (Å²) in [6, 6.07) is 7.56. The smallest absolute Gasteiger partial charge is 0.217 e. The monoisotopic (exact) mass is 207 g/mol. The lowest BCUT2D eigenvalue weighted by Crippen LogP contribution is -2.39. The number of rotatable bonds is 3. The van der Waals surface area contributed by atoms with Crippen LogP contribution in [0.2, 0.25) is 0 Å². The van der Waals surface area contributed by atoms with Gasteiger partial charge in [-0.15, -0.1) is 0 Å². The molecule has 0 radical (unpaired) electrons. The van der Waals surface area contributed by atoms with Crippen LogP contribution in [-0.4, -0.2) is 11.0 Å². The molecule has 1 amide bonds. The van der Waals surface area contributed by atoms with E-state index in [-0.39, 0.29) is 18.1 Å². The summed E-state index contributed by atoms with van der Waals surface area (Å²) in [4.78, 5) is 11.0. The minimum absolute atomic E-state index is 0.0425. The third-order valence-corrected chi connectivity index (χ3v) is 2.35. The van der Waals surface area contributed by atoms with Gasteiger partial charge in [-0.3, -0.25) is 4.79 Å². The quantitative estimate of drug-likeness (QED) is 0.790. The summed E-state index contributed by atoms with van der Waals surface area (Å²) < 4.78 is 0. The van der Waals surface area contributed by atoms with Crippen molar-refractivity contribution in [2.24, 2.45) is 0 Å². The molecular formula is C12H17NO2. The molecule has 0 spiro atoms. The molecule has 0 unspecified atom stereocenters. The Morgan fingerprint density at radius 1 is 1.33 bits per heavy atom. The molecule has 0 aliphatic carbocycles. The molecule has 0 fully saturated rings. The summed E-state index contributed by atoms with van der Waals surface area (Å²) in [5.41, 5.74) is 1.52. The number of aliphatic hydroxyl groups excluding tert-OH is 1. The third kappa shape index (κ3) is 3.06. The first-order chi connectivity index (χ1) is 6.95. The van der Waals surface area contributed by atoms with Gasteiger partial charge in [0.2, 0.25) is 5.91 Å². The fourth-order valence-corrected chi connectivity index (χ4v) is 1.54. The first-order valence-corrected chi connectivity index (χ1v) is 4.95. The molecule has 0 aliphatic rings. The van der Waals surface area contributed by atoms with Crippen LogP contribution in [0, 0.1) is 0 Å². The lowest BCUT2D eigenvalue weighted by Gasteiger charge is -2.26. The molecule has 1 rings (SSSR count). The maximum atomic E-state index is 11.0. The highest BCUT2D eigenvalue weighted by Crippen LogP contribution is 2.20. The van der Waals surface area contributed by atoms with Gasteiger partial charge >= 0.3 is 0 Å². The number of carbonyl (C=O) groups excluding carboxylic acids is 1. The van der Waals surface area contributed by atoms with E-state index in [2.05, 4.69) is 5.32 Å². The van der Waals surface area contributed by atoms with Gasteiger partial charge in [0, 0.05) is 6.92 Å². The van der Waals surface area contributed by atoms with Crippen molar-refractivity contribution in [2.75, 3.05) is 0 Å². The molecule has 0 heterocycles. The van der Waals surface area contributed by atoms with E-state index in [0.717, 1.165) is 11.1 Å². The Balaban J connectivity index is 2.89. The predicted octanol–water partition coefficient (Wildman–Crippen LogP) is 1.55. The molecule has 0 bridgehead atoms. The maximum Gasteiger partial charge on any atom is 0.217 e. The van der Waals surface area contributed by atoms with Crippen molar-refractivity contribution in [3.8, 4) is 0 Å². The summed E-state index contributed by atoms with van der Waals surface area (Å²) in [5.74, 6) is -0.0498. The van der Waals surface area contributed by atoms with Crippen molar-refractivity contribution in [3.63, 3.8) is 0 Å². The van der Waals surface area contributed by atoms with E-state index in [0.29, 0.717) is 0 Å². The average Bonchev–Trinajstić information content (AvgIpc) is 2.16. The maximum absolute atomic E-state index is 11.0. The molecule has 3 heteroatoms. The number of hydrogen-bond acceptors (Lipinski definition) is 2. The Morgan fingerprint density at radius 2 is 1.87 bits per heavy atom. The van der Waals surface area contributed by atoms with Crippen molar-refractivity contribution in [1.82, 2.24) is 5.32 Å².